The van der Waals surface area contributed by atoms with Gasteiger partial charge in [0.1, 0.15) is 11.3 Å². The van der Waals surface area contributed by atoms with Crippen LogP contribution >= 0.6 is 0 Å². The van der Waals surface area contributed by atoms with Crippen LogP contribution in [0.25, 0.3) is 11.0 Å². The van der Waals surface area contributed by atoms with Gasteiger partial charge >= 0.3 is 5.69 Å². The molecule has 3 aromatic rings. The zero-order valence-electron chi connectivity index (χ0n) is 16.0. The Morgan fingerprint density at radius 2 is 1.79 bits per heavy atom. The number of nitrogens with zero attached hydrogens (tertiary/aromatic N) is 1. The predicted octanol–water partition coefficient (Wildman–Crippen LogP) is 1.47. The lowest BCUT2D eigenvalue weighted by Gasteiger charge is -2.15. The number of aryl methyl sites for hydroxylation is 1. The maximum Gasteiger partial charge on any atom is 0.327 e. The Kier molecular flexibility index (Phi) is 5.41. The van der Waals surface area contributed by atoms with E-state index in [1.807, 2.05) is 24.3 Å². The lowest BCUT2D eigenvalue weighted by atomic mass is 9.99. The summed E-state index contributed by atoms with van der Waals surface area (Å²) in [6.45, 7) is 6.14. The van der Waals surface area contributed by atoms with Crippen molar-refractivity contribution < 1.29 is 4.79 Å². The molecule has 0 radical (unpaired) electrons. The lowest BCUT2D eigenvalue weighted by Crippen LogP contribution is -2.33. The van der Waals surface area contributed by atoms with Crippen molar-refractivity contribution in [2.24, 2.45) is 5.73 Å². The van der Waals surface area contributed by atoms with Gasteiger partial charge in [0.25, 0.3) is 11.5 Å². The van der Waals surface area contributed by atoms with Gasteiger partial charge in [-0.3, -0.25) is 19.6 Å². The minimum absolute atomic E-state index is 0.0764. The van der Waals surface area contributed by atoms with E-state index in [0.29, 0.717) is 11.5 Å². The number of pyridine rings is 1. The van der Waals surface area contributed by atoms with Crippen molar-refractivity contribution in [2.75, 3.05) is 6.54 Å². The number of rotatable bonds is 5. The van der Waals surface area contributed by atoms with E-state index in [9.17, 15) is 14.4 Å². The highest BCUT2D eigenvalue weighted by Gasteiger charge is 2.15. The van der Waals surface area contributed by atoms with Crippen molar-refractivity contribution in [3.8, 4) is 0 Å². The second kappa shape index (κ2) is 7.77. The highest BCUT2D eigenvalue weighted by Crippen LogP contribution is 2.17. The van der Waals surface area contributed by atoms with E-state index >= 15 is 0 Å². The maximum absolute atomic E-state index is 12.5. The first-order chi connectivity index (χ1) is 13.3. The Bertz CT molecular complexity index is 1130. The molecule has 28 heavy (non-hydrogen) atoms. The van der Waals surface area contributed by atoms with Crippen LogP contribution < -0.4 is 22.3 Å². The third kappa shape index (κ3) is 4.01. The number of hydrogen-bond donors (Lipinski definition) is 4. The number of carbonyl (C=O) groups is 1. The van der Waals surface area contributed by atoms with Gasteiger partial charge in [-0.15, -0.1) is 0 Å². The Morgan fingerprint density at radius 1 is 1.14 bits per heavy atom. The second-order valence-corrected chi connectivity index (χ2v) is 7.09. The van der Waals surface area contributed by atoms with Crippen molar-refractivity contribution in [3.63, 3.8) is 0 Å². The van der Waals surface area contributed by atoms with Crippen LogP contribution in [0.3, 0.4) is 0 Å². The van der Waals surface area contributed by atoms with Gasteiger partial charge in [0.2, 0.25) is 0 Å². The van der Waals surface area contributed by atoms with Crippen LogP contribution in [0.1, 0.15) is 53.0 Å². The van der Waals surface area contributed by atoms with Gasteiger partial charge < -0.3 is 11.1 Å². The van der Waals surface area contributed by atoms with Crippen molar-refractivity contribution in [3.05, 3.63) is 73.6 Å². The van der Waals surface area contributed by atoms with Crippen molar-refractivity contribution >= 4 is 16.9 Å². The summed E-state index contributed by atoms with van der Waals surface area (Å²) >= 11 is 0. The highest BCUT2D eigenvalue weighted by molar-refractivity contribution is 5.95. The molecule has 0 saturated heterocycles. The van der Waals surface area contributed by atoms with E-state index in [4.69, 9.17) is 5.73 Å². The molecule has 0 bridgehead atoms. The van der Waals surface area contributed by atoms with E-state index in [0.717, 1.165) is 5.56 Å². The van der Waals surface area contributed by atoms with Crippen molar-refractivity contribution in [2.45, 2.75) is 32.7 Å². The van der Waals surface area contributed by atoms with E-state index in [1.54, 1.807) is 6.92 Å². The number of amides is 1. The smallest absolute Gasteiger partial charge is 0.327 e. The van der Waals surface area contributed by atoms with Gasteiger partial charge in [-0.05, 0) is 35.6 Å². The molecule has 1 aromatic carbocycles. The van der Waals surface area contributed by atoms with Crippen LogP contribution in [0, 0.1) is 6.92 Å². The number of H-pyrrole nitrogens is 2. The summed E-state index contributed by atoms with van der Waals surface area (Å²) in [4.78, 5) is 44.6. The van der Waals surface area contributed by atoms with E-state index in [2.05, 4.69) is 34.1 Å². The Morgan fingerprint density at radius 3 is 2.43 bits per heavy atom. The molecule has 0 aliphatic rings. The van der Waals surface area contributed by atoms with Crippen molar-refractivity contribution in [1.82, 2.24) is 20.3 Å². The summed E-state index contributed by atoms with van der Waals surface area (Å²) in [5, 5.41) is 3.00. The topological polar surface area (TPSA) is 134 Å². The fraction of sp³-hybridized carbons (Fsp3) is 0.300. The number of aromatic amines is 2. The minimum Gasteiger partial charge on any atom is -0.349 e. The van der Waals surface area contributed by atoms with Crippen LogP contribution in [0.4, 0.5) is 0 Å². The average Bonchev–Trinajstić information content (AvgIpc) is 2.64. The molecule has 5 N–H and O–H groups in total. The number of nitrogens with two attached hydrogens (primary N) is 1. The first-order valence-corrected chi connectivity index (χ1v) is 9.04. The Labute approximate surface area is 161 Å². The van der Waals surface area contributed by atoms with Crippen LogP contribution in [0.5, 0.6) is 0 Å². The second-order valence-electron chi connectivity index (χ2n) is 7.09. The number of carbonyl (C=O) groups excluding carboxylic acids is 1. The Hall–Kier alpha value is -3.26. The number of benzene rings is 1. The number of nitrogens with one attached hydrogen (secondary N) is 3. The van der Waals surface area contributed by atoms with Crippen molar-refractivity contribution in [1.29, 1.82) is 0 Å². The molecule has 0 spiro atoms. The average molecular weight is 381 g/mol. The fourth-order valence-electron chi connectivity index (χ4n) is 3.01. The monoisotopic (exact) mass is 381 g/mol. The predicted molar refractivity (Wildman–Crippen MR) is 108 cm³/mol. The summed E-state index contributed by atoms with van der Waals surface area (Å²) in [6, 6.07) is 9.12. The molecule has 0 fully saturated rings. The highest BCUT2D eigenvalue weighted by atomic mass is 16.2. The van der Waals surface area contributed by atoms with Gasteiger partial charge in [-0.1, -0.05) is 38.1 Å². The molecule has 2 aromatic heterocycles. The molecule has 2 heterocycles. The maximum atomic E-state index is 12.5. The Balaban J connectivity index is 1.76. The summed E-state index contributed by atoms with van der Waals surface area (Å²) < 4.78 is 0. The van der Waals surface area contributed by atoms with Crippen LogP contribution in [0.15, 0.2) is 39.9 Å². The first kappa shape index (κ1) is 19.5. The normalized spacial score (nSPS) is 12.3. The van der Waals surface area contributed by atoms with Gasteiger partial charge in [0.05, 0.1) is 5.39 Å². The third-order valence-corrected chi connectivity index (χ3v) is 4.65. The molecule has 146 valence electrons. The summed E-state index contributed by atoms with van der Waals surface area (Å²) in [5.74, 6) is 0.00579. The molecule has 1 amide bonds. The molecule has 8 nitrogen and oxygen atoms in total. The van der Waals surface area contributed by atoms with Gasteiger partial charge in [-0.2, -0.15) is 0 Å². The number of aromatic nitrogens is 3. The quantitative estimate of drug-likeness (QED) is 0.531. The number of hydrogen-bond acceptors (Lipinski definition) is 5. The molecular formula is C20H23N5O3. The summed E-state index contributed by atoms with van der Waals surface area (Å²) in [7, 11) is 0. The first-order valence-electron chi connectivity index (χ1n) is 9.04. The third-order valence-electron chi connectivity index (χ3n) is 4.65. The molecule has 0 aliphatic carbocycles. The molecule has 0 saturated carbocycles. The van der Waals surface area contributed by atoms with Gasteiger partial charge in [0.15, 0.2) is 0 Å². The largest absolute Gasteiger partial charge is 0.349 e. The molecular weight excluding hydrogens is 358 g/mol. The molecule has 1 atom stereocenters. The van der Waals surface area contributed by atoms with Crippen LogP contribution in [0.2, 0.25) is 0 Å². The zero-order chi connectivity index (χ0) is 20.4. The zero-order valence-corrected chi connectivity index (χ0v) is 16.0. The van der Waals surface area contributed by atoms with E-state index in [1.165, 1.54) is 11.6 Å². The standard InChI is InChI=1S/C20H23N5O3/c1-10(2)12-4-6-13(7-5-12)14(21)9-22-18(26)15-8-11(3)16-17(23-15)24-20(28)25-19(16)27/h4-8,10,14H,9,21H2,1-3H3,(H,22,26)(H2,23,24,25,27,28). The number of fused-ring (bicyclic) bond motifs is 1. The SMILES string of the molecule is Cc1cc(C(=O)NCC(N)c2ccc(C(C)C)cc2)nc2[nH]c(=O)[nH]c(=O)c12. The summed E-state index contributed by atoms with van der Waals surface area (Å²) in [6.07, 6.45) is 0. The van der Waals surface area contributed by atoms with Crippen LogP contribution in [-0.4, -0.2) is 27.4 Å². The van der Waals surface area contributed by atoms with Gasteiger partial charge in [-0.25, -0.2) is 9.78 Å². The fourth-order valence-corrected chi connectivity index (χ4v) is 3.01. The summed E-state index contributed by atoms with van der Waals surface area (Å²) in [5.41, 5.74) is 7.83. The molecule has 1 unspecified atom stereocenters. The molecule has 0 aliphatic heterocycles. The lowest BCUT2D eigenvalue weighted by molar-refractivity contribution is 0.0946. The van der Waals surface area contributed by atoms with Gasteiger partial charge in [0, 0.05) is 12.6 Å². The van der Waals surface area contributed by atoms with Crippen LogP contribution in [-0.2, 0) is 0 Å². The molecule has 8 heteroatoms. The van der Waals surface area contributed by atoms with E-state index < -0.39 is 17.2 Å². The molecule has 3 rings (SSSR count). The van der Waals surface area contributed by atoms with E-state index in [-0.39, 0.29) is 29.3 Å². The minimum atomic E-state index is -0.672.